The van der Waals surface area contributed by atoms with Gasteiger partial charge in [0.2, 0.25) is 0 Å². The van der Waals surface area contributed by atoms with E-state index in [1.807, 2.05) is 0 Å². The van der Waals surface area contributed by atoms with Crippen molar-refractivity contribution >= 4 is 0 Å². The summed E-state index contributed by atoms with van der Waals surface area (Å²) in [4.78, 5) is 0. The summed E-state index contributed by atoms with van der Waals surface area (Å²) in [5.74, 6) is 0. The van der Waals surface area contributed by atoms with E-state index in [4.69, 9.17) is 0 Å². The first-order chi connectivity index (χ1) is 4.64. The van der Waals surface area contributed by atoms with Crippen LogP contribution in [0.1, 0.15) is 12.8 Å². The van der Waals surface area contributed by atoms with Crippen LogP contribution >= 0.6 is 0 Å². The largest absolute Gasteiger partial charge is 0.328 e. The molecule has 0 atom stereocenters. The molecule has 1 aliphatic heterocycles. The van der Waals surface area contributed by atoms with Gasteiger partial charge in [0.25, 0.3) is 0 Å². The van der Waals surface area contributed by atoms with E-state index >= 15 is 0 Å². The molecule has 2 nitrogen and oxygen atoms in total. The molecule has 1 fully saturated rings. The van der Waals surface area contributed by atoms with Gasteiger partial charge in [0.15, 0.2) is 0 Å². The van der Waals surface area contributed by atoms with Crippen molar-refractivity contribution in [3.05, 3.63) is 0 Å². The van der Waals surface area contributed by atoms with E-state index in [9.17, 15) is 0 Å². The molecule has 10 heavy (non-hydrogen) atoms. The van der Waals surface area contributed by atoms with Gasteiger partial charge in [-0.15, -0.1) is 0 Å². The van der Waals surface area contributed by atoms with Gasteiger partial charge in [0.05, 0.1) is 27.2 Å². The molecule has 0 aliphatic carbocycles. The van der Waals surface area contributed by atoms with Crippen LogP contribution in [0.2, 0.25) is 0 Å². The van der Waals surface area contributed by atoms with E-state index in [1.165, 1.54) is 30.4 Å². The molecule has 2 heteroatoms. The summed E-state index contributed by atoms with van der Waals surface area (Å²) in [6.45, 7) is 2.65. The molecule has 0 amide bonds. The Kier molecular flexibility index (Phi) is 2.32. The highest BCUT2D eigenvalue weighted by molar-refractivity contribution is 4.67. The predicted molar refractivity (Wildman–Crippen MR) is 43.9 cm³/mol. The maximum atomic E-state index is 3.33. The second-order valence-corrected chi connectivity index (χ2v) is 3.95. The molecule has 1 rings (SSSR count). The van der Waals surface area contributed by atoms with Crippen LogP contribution in [0.15, 0.2) is 0 Å². The lowest BCUT2D eigenvalue weighted by Crippen LogP contribution is -2.50. The fraction of sp³-hybridized carbons (Fsp3) is 1.00. The van der Waals surface area contributed by atoms with Gasteiger partial charge in [-0.1, -0.05) is 0 Å². The molecule has 0 bridgehead atoms. The summed E-state index contributed by atoms with van der Waals surface area (Å²) >= 11 is 0. The highest BCUT2D eigenvalue weighted by atomic mass is 15.3. The highest BCUT2D eigenvalue weighted by Crippen LogP contribution is 2.13. The molecule has 60 valence electrons. The van der Waals surface area contributed by atoms with Crippen molar-refractivity contribution in [3.63, 3.8) is 0 Å². The Balaban J connectivity index is 2.31. The zero-order chi connectivity index (χ0) is 7.61. The maximum Gasteiger partial charge on any atom is 0.0797 e. The van der Waals surface area contributed by atoms with Crippen molar-refractivity contribution < 1.29 is 4.48 Å². The topological polar surface area (TPSA) is 12.0 Å². The Morgan fingerprint density at radius 1 is 1.20 bits per heavy atom. The monoisotopic (exact) mass is 143 g/mol. The van der Waals surface area contributed by atoms with Gasteiger partial charge in [-0.05, 0) is 7.05 Å². The molecule has 0 aromatic rings. The second-order valence-electron chi connectivity index (χ2n) is 3.95. The normalized spacial score (nSPS) is 26.7. The average molecular weight is 143 g/mol. The van der Waals surface area contributed by atoms with Crippen LogP contribution in [0.3, 0.4) is 0 Å². The number of quaternary nitrogens is 1. The van der Waals surface area contributed by atoms with E-state index in [-0.39, 0.29) is 0 Å². The molecule has 0 radical (unpaired) electrons. The van der Waals surface area contributed by atoms with Gasteiger partial charge < -0.3 is 9.80 Å². The van der Waals surface area contributed by atoms with E-state index in [1.54, 1.807) is 0 Å². The standard InChI is InChI=1S/C8H19N2/c1-9-8-4-6-10(2,3)7-5-8/h8-9H,4-7H2,1-3H3/q+1. The third-order valence-electron chi connectivity index (χ3n) is 2.57. The Morgan fingerprint density at radius 2 is 1.70 bits per heavy atom. The summed E-state index contributed by atoms with van der Waals surface area (Å²) in [5.41, 5.74) is 0. The lowest BCUT2D eigenvalue weighted by atomic mass is 10.0. The molecule has 1 heterocycles. The Bertz CT molecular complexity index is 99.8. The Hall–Kier alpha value is -0.0800. The van der Waals surface area contributed by atoms with Crippen LogP contribution in [0, 0.1) is 0 Å². The highest BCUT2D eigenvalue weighted by Gasteiger charge is 2.24. The van der Waals surface area contributed by atoms with Crippen LogP contribution in [-0.4, -0.2) is 44.8 Å². The number of hydrogen-bond acceptors (Lipinski definition) is 1. The van der Waals surface area contributed by atoms with Gasteiger partial charge in [-0.3, -0.25) is 0 Å². The number of rotatable bonds is 1. The van der Waals surface area contributed by atoms with Crippen molar-refractivity contribution in [3.8, 4) is 0 Å². The van der Waals surface area contributed by atoms with Gasteiger partial charge in [-0.2, -0.15) is 0 Å². The summed E-state index contributed by atoms with van der Waals surface area (Å²) in [7, 11) is 6.69. The van der Waals surface area contributed by atoms with E-state index in [2.05, 4.69) is 26.5 Å². The molecule has 0 aromatic heterocycles. The molecule has 0 aromatic carbocycles. The predicted octanol–water partition coefficient (Wildman–Crippen LogP) is 0.445. The summed E-state index contributed by atoms with van der Waals surface area (Å²) in [6.07, 6.45) is 2.67. The summed E-state index contributed by atoms with van der Waals surface area (Å²) in [6, 6.07) is 0.783. The first-order valence-electron chi connectivity index (χ1n) is 4.13. The van der Waals surface area contributed by atoms with E-state index < -0.39 is 0 Å². The fourth-order valence-electron chi connectivity index (χ4n) is 1.56. The first-order valence-corrected chi connectivity index (χ1v) is 4.13. The quantitative estimate of drug-likeness (QED) is 0.525. The minimum Gasteiger partial charge on any atom is -0.328 e. The molecular weight excluding hydrogens is 124 g/mol. The molecule has 0 unspecified atom stereocenters. The zero-order valence-electron chi connectivity index (χ0n) is 7.35. The number of piperidine rings is 1. The second kappa shape index (κ2) is 2.89. The molecular formula is C8H19N2+. The Morgan fingerprint density at radius 3 is 2.10 bits per heavy atom. The molecule has 1 saturated heterocycles. The number of hydrogen-bond donors (Lipinski definition) is 1. The van der Waals surface area contributed by atoms with Crippen LogP contribution in [0.25, 0.3) is 0 Å². The molecule has 0 spiro atoms. The smallest absolute Gasteiger partial charge is 0.0797 e. The third kappa shape index (κ3) is 1.96. The maximum absolute atomic E-state index is 3.33. The molecule has 1 N–H and O–H groups in total. The van der Waals surface area contributed by atoms with Crippen molar-refractivity contribution in [2.24, 2.45) is 0 Å². The molecule has 1 aliphatic rings. The van der Waals surface area contributed by atoms with Crippen LogP contribution in [-0.2, 0) is 0 Å². The summed E-state index contributed by atoms with van der Waals surface area (Å²) < 4.78 is 1.21. The van der Waals surface area contributed by atoms with Crippen LogP contribution in [0.4, 0.5) is 0 Å². The number of nitrogens with one attached hydrogen (secondary N) is 1. The summed E-state index contributed by atoms with van der Waals surface area (Å²) in [5, 5.41) is 3.33. The van der Waals surface area contributed by atoms with Gasteiger partial charge in [-0.25, -0.2) is 0 Å². The van der Waals surface area contributed by atoms with Crippen molar-refractivity contribution in [2.45, 2.75) is 18.9 Å². The average Bonchev–Trinajstić information content (AvgIpc) is 1.88. The lowest BCUT2D eigenvalue weighted by Gasteiger charge is -2.37. The van der Waals surface area contributed by atoms with Crippen molar-refractivity contribution in [2.75, 3.05) is 34.2 Å². The van der Waals surface area contributed by atoms with Gasteiger partial charge >= 0.3 is 0 Å². The van der Waals surface area contributed by atoms with Gasteiger partial charge in [0.1, 0.15) is 0 Å². The van der Waals surface area contributed by atoms with Crippen molar-refractivity contribution in [1.29, 1.82) is 0 Å². The van der Waals surface area contributed by atoms with Crippen LogP contribution in [0.5, 0.6) is 0 Å². The lowest BCUT2D eigenvalue weighted by molar-refractivity contribution is -0.895. The van der Waals surface area contributed by atoms with E-state index in [0.29, 0.717) is 0 Å². The van der Waals surface area contributed by atoms with Crippen LogP contribution < -0.4 is 5.32 Å². The third-order valence-corrected chi connectivity index (χ3v) is 2.57. The SMILES string of the molecule is CNC1CC[N+](C)(C)CC1. The first kappa shape index (κ1) is 8.02. The van der Waals surface area contributed by atoms with E-state index in [0.717, 1.165) is 6.04 Å². The van der Waals surface area contributed by atoms with Crippen molar-refractivity contribution in [1.82, 2.24) is 5.32 Å². The fourth-order valence-corrected chi connectivity index (χ4v) is 1.56. The molecule has 0 saturated carbocycles. The van der Waals surface area contributed by atoms with Gasteiger partial charge in [0, 0.05) is 18.9 Å². The zero-order valence-corrected chi connectivity index (χ0v) is 7.35. The minimum absolute atomic E-state index is 0.783. The Labute approximate surface area is 63.8 Å². The number of likely N-dealkylation sites (tertiary alicyclic amines) is 1. The minimum atomic E-state index is 0.783. The number of nitrogens with zero attached hydrogens (tertiary/aromatic N) is 1.